The zero-order chi connectivity index (χ0) is 14.7. The number of hydrogen-bond acceptors (Lipinski definition) is 3. The van der Waals surface area contributed by atoms with Crippen LogP contribution < -0.4 is 5.56 Å². The third kappa shape index (κ3) is 2.76. The van der Waals surface area contributed by atoms with Crippen LogP contribution in [0.4, 0.5) is 0 Å². The minimum atomic E-state index is -0.0892. The number of benzene rings is 1. The van der Waals surface area contributed by atoms with Crippen molar-refractivity contribution in [2.45, 2.75) is 4.90 Å². The smallest absolute Gasteiger partial charge is 0.257 e. The first-order chi connectivity index (χ1) is 10.3. The number of hydrogen-bond donors (Lipinski definition) is 1. The van der Waals surface area contributed by atoms with Gasteiger partial charge in [0, 0.05) is 11.1 Å². The molecule has 0 bridgehead atoms. The average Bonchev–Trinajstić information content (AvgIpc) is 2.55. The minimum Gasteiger partial charge on any atom is -0.320 e. The van der Waals surface area contributed by atoms with Gasteiger partial charge >= 0.3 is 0 Å². The number of aromatic amines is 1. The van der Waals surface area contributed by atoms with Crippen molar-refractivity contribution in [3.8, 4) is 22.5 Å². The third-order valence-electron chi connectivity index (χ3n) is 3.22. The van der Waals surface area contributed by atoms with Crippen LogP contribution in [0.15, 0.2) is 70.5 Å². The fraction of sp³-hybridized carbons (Fsp3) is 0.0588. The molecule has 3 aromatic rings. The molecule has 0 fully saturated rings. The van der Waals surface area contributed by atoms with Crippen molar-refractivity contribution in [3.05, 3.63) is 71.1 Å². The number of pyridine rings is 2. The van der Waals surface area contributed by atoms with Gasteiger partial charge in [0.05, 0.1) is 17.0 Å². The SMILES string of the molecule is CSc1cc(-c2ccccn2)[nH]c(=O)c1-c1ccccc1. The Bertz CT molecular complexity index is 798. The molecule has 0 saturated carbocycles. The van der Waals surface area contributed by atoms with Crippen LogP contribution in [0.1, 0.15) is 0 Å². The standard InChI is InChI=1S/C17H14N2OS/c1-21-15-11-14(13-9-5-6-10-18-13)19-17(20)16(15)12-7-3-2-4-8-12/h2-11H,1H3,(H,19,20). The predicted octanol–water partition coefficient (Wildman–Crippen LogP) is 3.83. The molecule has 0 saturated heterocycles. The molecule has 0 atom stereocenters. The van der Waals surface area contributed by atoms with Crippen molar-refractivity contribution >= 4 is 11.8 Å². The highest BCUT2D eigenvalue weighted by atomic mass is 32.2. The number of thioether (sulfide) groups is 1. The van der Waals surface area contributed by atoms with Gasteiger partial charge in [-0.2, -0.15) is 0 Å². The van der Waals surface area contributed by atoms with Crippen LogP contribution in [-0.4, -0.2) is 16.2 Å². The van der Waals surface area contributed by atoms with Gasteiger partial charge in [0.25, 0.3) is 5.56 Å². The maximum Gasteiger partial charge on any atom is 0.257 e. The fourth-order valence-electron chi connectivity index (χ4n) is 2.24. The Labute approximate surface area is 127 Å². The van der Waals surface area contributed by atoms with Gasteiger partial charge < -0.3 is 4.98 Å². The molecule has 21 heavy (non-hydrogen) atoms. The Balaban J connectivity index is 2.19. The van der Waals surface area contributed by atoms with Gasteiger partial charge in [-0.1, -0.05) is 36.4 Å². The molecule has 104 valence electrons. The average molecular weight is 294 g/mol. The van der Waals surface area contributed by atoms with E-state index in [4.69, 9.17) is 0 Å². The Morgan fingerprint density at radius 2 is 1.81 bits per heavy atom. The van der Waals surface area contributed by atoms with Crippen molar-refractivity contribution in [1.82, 2.24) is 9.97 Å². The lowest BCUT2D eigenvalue weighted by molar-refractivity contribution is 1.17. The molecule has 3 nitrogen and oxygen atoms in total. The summed E-state index contributed by atoms with van der Waals surface area (Å²) in [7, 11) is 0. The first kappa shape index (κ1) is 13.6. The Morgan fingerprint density at radius 1 is 1.05 bits per heavy atom. The van der Waals surface area contributed by atoms with Gasteiger partial charge in [-0.3, -0.25) is 9.78 Å². The molecule has 0 radical (unpaired) electrons. The summed E-state index contributed by atoms with van der Waals surface area (Å²) >= 11 is 1.57. The Hall–Kier alpha value is -2.33. The van der Waals surface area contributed by atoms with E-state index in [2.05, 4.69) is 9.97 Å². The minimum absolute atomic E-state index is 0.0892. The molecule has 0 amide bonds. The van der Waals surface area contributed by atoms with E-state index in [1.165, 1.54) is 0 Å². The molecular weight excluding hydrogens is 280 g/mol. The molecule has 2 heterocycles. The molecule has 3 rings (SSSR count). The van der Waals surface area contributed by atoms with Gasteiger partial charge in [0.1, 0.15) is 0 Å². The highest BCUT2D eigenvalue weighted by Crippen LogP contribution is 2.29. The van der Waals surface area contributed by atoms with Crippen LogP contribution in [0.2, 0.25) is 0 Å². The van der Waals surface area contributed by atoms with E-state index in [-0.39, 0.29) is 5.56 Å². The summed E-state index contributed by atoms with van der Waals surface area (Å²) in [6, 6.07) is 17.3. The van der Waals surface area contributed by atoms with Crippen molar-refractivity contribution < 1.29 is 0 Å². The molecule has 1 aromatic carbocycles. The summed E-state index contributed by atoms with van der Waals surface area (Å²) in [4.78, 5) is 20.7. The first-order valence-corrected chi connectivity index (χ1v) is 7.80. The van der Waals surface area contributed by atoms with Gasteiger partial charge in [-0.05, 0) is 30.0 Å². The van der Waals surface area contributed by atoms with E-state index in [1.807, 2.05) is 60.9 Å². The fourth-order valence-corrected chi connectivity index (χ4v) is 2.89. The van der Waals surface area contributed by atoms with Gasteiger partial charge in [0.2, 0.25) is 0 Å². The zero-order valence-electron chi connectivity index (χ0n) is 11.5. The van der Waals surface area contributed by atoms with Crippen molar-refractivity contribution in [2.24, 2.45) is 0 Å². The van der Waals surface area contributed by atoms with Crippen LogP contribution in [0.5, 0.6) is 0 Å². The summed E-state index contributed by atoms with van der Waals surface area (Å²) in [5.74, 6) is 0. The van der Waals surface area contributed by atoms with E-state index in [0.29, 0.717) is 5.56 Å². The van der Waals surface area contributed by atoms with Gasteiger partial charge in [-0.25, -0.2) is 0 Å². The van der Waals surface area contributed by atoms with Gasteiger partial charge in [-0.15, -0.1) is 11.8 Å². The lowest BCUT2D eigenvalue weighted by Gasteiger charge is -2.09. The highest BCUT2D eigenvalue weighted by Gasteiger charge is 2.12. The number of aromatic nitrogens is 2. The Kier molecular flexibility index (Phi) is 3.88. The molecular formula is C17H14N2OS. The topological polar surface area (TPSA) is 45.8 Å². The number of nitrogens with zero attached hydrogens (tertiary/aromatic N) is 1. The first-order valence-electron chi connectivity index (χ1n) is 6.58. The molecule has 4 heteroatoms. The van der Waals surface area contributed by atoms with Crippen molar-refractivity contribution in [1.29, 1.82) is 0 Å². The maximum atomic E-state index is 12.5. The van der Waals surface area contributed by atoms with Crippen molar-refractivity contribution in [2.75, 3.05) is 6.26 Å². The van der Waals surface area contributed by atoms with Crippen LogP contribution >= 0.6 is 11.8 Å². The third-order valence-corrected chi connectivity index (χ3v) is 3.98. The highest BCUT2D eigenvalue weighted by molar-refractivity contribution is 7.98. The van der Waals surface area contributed by atoms with E-state index < -0.39 is 0 Å². The van der Waals surface area contributed by atoms with Crippen LogP contribution in [-0.2, 0) is 0 Å². The van der Waals surface area contributed by atoms with Crippen LogP contribution in [0.25, 0.3) is 22.5 Å². The van der Waals surface area contributed by atoms with Crippen molar-refractivity contribution in [3.63, 3.8) is 0 Å². The maximum absolute atomic E-state index is 12.5. The summed E-state index contributed by atoms with van der Waals surface area (Å²) in [5, 5.41) is 0. The number of rotatable bonds is 3. The molecule has 0 spiro atoms. The lowest BCUT2D eigenvalue weighted by atomic mass is 10.1. The number of H-pyrrole nitrogens is 1. The quantitative estimate of drug-likeness (QED) is 0.747. The van der Waals surface area contributed by atoms with E-state index >= 15 is 0 Å². The summed E-state index contributed by atoms with van der Waals surface area (Å²) in [6.45, 7) is 0. The van der Waals surface area contributed by atoms with E-state index in [1.54, 1.807) is 18.0 Å². The number of nitrogens with one attached hydrogen (secondary N) is 1. The lowest BCUT2D eigenvalue weighted by Crippen LogP contribution is -2.11. The normalized spacial score (nSPS) is 10.5. The second kappa shape index (κ2) is 5.97. The van der Waals surface area contributed by atoms with E-state index in [0.717, 1.165) is 21.8 Å². The van der Waals surface area contributed by atoms with Gasteiger partial charge in [0.15, 0.2) is 0 Å². The molecule has 2 aromatic heterocycles. The monoisotopic (exact) mass is 294 g/mol. The van der Waals surface area contributed by atoms with Crippen LogP contribution in [0.3, 0.4) is 0 Å². The molecule has 0 aliphatic carbocycles. The molecule has 0 aliphatic heterocycles. The zero-order valence-corrected chi connectivity index (χ0v) is 12.4. The predicted molar refractivity (Wildman–Crippen MR) is 87.5 cm³/mol. The second-order valence-corrected chi connectivity index (χ2v) is 5.38. The molecule has 1 N–H and O–H groups in total. The Morgan fingerprint density at radius 3 is 2.48 bits per heavy atom. The van der Waals surface area contributed by atoms with E-state index in [9.17, 15) is 4.79 Å². The summed E-state index contributed by atoms with van der Waals surface area (Å²) in [6.07, 6.45) is 3.70. The molecule has 0 unspecified atom stereocenters. The summed E-state index contributed by atoms with van der Waals surface area (Å²) < 4.78 is 0. The molecule has 0 aliphatic rings. The van der Waals surface area contributed by atoms with Crippen LogP contribution in [0, 0.1) is 0 Å². The second-order valence-electron chi connectivity index (χ2n) is 4.54. The summed E-state index contributed by atoms with van der Waals surface area (Å²) in [5.41, 5.74) is 3.06. The largest absolute Gasteiger partial charge is 0.320 e.